The molecule has 4 aromatic rings. The highest BCUT2D eigenvalue weighted by atomic mass is 16.5. The van der Waals surface area contributed by atoms with Crippen LogP contribution in [0, 0.1) is 6.92 Å². The molecule has 8 heteroatoms. The van der Waals surface area contributed by atoms with E-state index in [1.165, 1.54) is 7.11 Å². The Hall–Kier alpha value is -4.20. The molecule has 1 atom stereocenters. The maximum Gasteiger partial charge on any atom is 0.306 e. The number of rotatable bonds is 9. The van der Waals surface area contributed by atoms with Crippen molar-refractivity contribution in [2.75, 3.05) is 32.8 Å². The van der Waals surface area contributed by atoms with E-state index >= 15 is 0 Å². The number of imidazole rings is 1. The first kappa shape index (κ1) is 24.5. The summed E-state index contributed by atoms with van der Waals surface area (Å²) >= 11 is 0. The lowest BCUT2D eigenvalue weighted by Crippen LogP contribution is -2.09. The number of carbonyl (C=O) groups excluding carboxylic acids is 1. The van der Waals surface area contributed by atoms with Crippen molar-refractivity contribution in [3.8, 4) is 23.2 Å². The fourth-order valence-electron chi connectivity index (χ4n) is 4.76. The summed E-state index contributed by atoms with van der Waals surface area (Å²) in [7, 11) is 3.07. The van der Waals surface area contributed by atoms with Crippen molar-refractivity contribution in [2.45, 2.75) is 32.7 Å². The molecule has 0 amide bonds. The summed E-state index contributed by atoms with van der Waals surface area (Å²) in [6.07, 6.45) is 0.320. The van der Waals surface area contributed by atoms with E-state index in [1.807, 2.05) is 54.0 Å². The van der Waals surface area contributed by atoms with Gasteiger partial charge in [0, 0.05) is 35.8 Å². The van der Waals surface area contributed by atoms with Gasteiger partial charge in [0.15, 0.2) is 0 Å². The third kappa shape index (κ3) is 4.79. The Morgan fingerprint density at radius 1 is 1.16 bits per heavy atom. The van der Waals surface area contributed by atoms with E-state index < -0.39 is 0 Å². The van der Waals surface area contributed by atoms with Gasteiger partial charge in [-0.25, -0.2) is 0 Å². The van der Waals surface area contributed by atoms with Crippen molar-refractivity contribution in [3.05, 3.63) is 71.3 Å². The molecular formula is C29H31N3O5. The third-order valence-corrected chi connectivity index (χ3v) is 6.78. The van der Waals surface area contributed by atoms with E-state index in [1.54, 1.807) is 7.11 Å². The molecule has 0 radical (unpaired) electrons. The summed E-state index contributed by atoms with van der Waals surface area (Å²) in [6, 6.07) is 18.7. The minimum Gasteiger partial charge on any atom is -0.497 e. The summed E-state index contributed by atoms with van der Waals surface area (Å²) < 4.78 is 24.1. The van der Waals surface area contributed by atoms with E-state index in [2.05, 4.69) is 24.4 Å². The van der Waals surface area contributed by atoms with E-state index in [4.69, 9.17) is 23.9 Å². The predicted octanol–water partition coefficient (Wildman–Crippen LogP) is 5.39. The van der Waals surface area contributed by atoms with Crippen LogP contribution in [0.4, 0.5) is 5.69 Å². The molecule has 37 heavy (non-hydrogen) atoms. The molecule has 192 valence electrons. The van der Waals surface area contributed by atoms with Gasteiger partial charge in [0.05, 0.1) is 50.6 Å². The third-order valence-electron chi connectivity index (χ3n) is 6.78. The fourth-order valence-corrected chi connectivity index (χ4v) is 4.76. The summed E-state index contributed by atoms with van der Waals surface area (Å²) in [5.74, 6) is 1.37. The van der Waals surface area contributed by atoms with Crippen LogP contribution in [0.1, 0.15) is 36.0 Å². The lowest BCUT2D eigenvalue weighted by atomic mass is 9.97. The summed E-state index contributed by atoms with van der Waals surface area (Å²) in [5, 5.41) is 3.52. The molecule has 0 saturated carbocycles. The van der Waals surface area contributed by atoms with Gasteiger partial charge in [-0.15, -0.1) is 0 Å². The monoisotopic (exact) mass is 501 g/mol. The molecule has 0 fully saturated rings. The van der Waals surface area contributed by atoms with Gasteiger partial charge in [-0.2, -0.15) is 4.98 Å². The average molecular weight is 502 g/mol. The van der Waals surface area contributed by atoms with Crippen LogP contribution in [0.5, 0.6) is 17.5 Å². The summed E-state index contributed by atoms with van der Waals surface area (Å²) in [6.45, 7) is 5.69. The first-order valence-corrected chi connectivity index (χ1v) is 12.4. The molecule has 1 aliphatic rings. The standard InChI is InChI=1S/C29H31N3O5/c1-5-36-29-31-24-12-10-22(34-3)15-26(24)32(29)25-8-6-7-19(18(25)2)16-30-21-9-11-23-20(13-28(33)35-4)17-37-27(23)14-21/h6-12,14-15,20,30H,5,13,16-17H2,1-4H3/t20-/m1/s1. The molecule has 1 aromatic heterocycles. The van der Waals surface area contributed by atoms with Crippen LogP contribution in [0.3, 0.4) is 0 Å². The number of fused-ring (bicyclic) bond motifs is 2. The second kappa shape index (κ2) is 10.4. The van der Waals surface area contributed by atoms with Crippen molar-refractivity contribution in [3.63, 3.8) is 0 Å². The van der Waals surface area contributed by atoms with E-state index in [0.29, 0.717) is 32.2 Å². The maximum atomic E-state index is 11.7. The number of hydrogen-bond acceptors (Lipinski definition) is 7. The highest BCUT2D eigenvalue weighted by Crippen LogP contribution is 2.38. The molecule has 5 rings (SSSR count). The highest BCUT2D eigenvalue weighted by Gasteiger charge is 2.27. The van der Waals surface area contributed by atoms with Gasteiger partial charge >= 0.3 is 12.0 Å². The molecule has 1 aliphatic heterocycles. The fraction of sp³-hybridized carbons (Fsp3) is 0.310. The number of anilines is 1. The average Bonchev–Trinajstić information content (AvgIpc) is 3.48. The lowest BCUT2D eigenvalue weighted by molar-refractivity contribution is -0.141. The van der Waals surface area contributed by atoms with Crippen LogP contribution in [0.25, 0.3) is 16.7 Å². The second-order valence-corrected chi connectivity index (χ2v) is 8.97. The molecule has 8 nitrogen and oxygen atoms in total. The van der Waals surface area contributed by atoms with Crippen molar-refractivity contribution < 1.29 is 23.7 Å². The maximum absolute atomic E-state index is 11.7. The van der Waals surface area contributed by atoms with Gasteiger partial charge in [0.1, 0.15) is 11.5 Å². The number of carbonyl (C=O) groups is 1. The molecule has 3 aromatic carbocycles. The zero-order valence-corrected chi connectivity index (χ0v) is 21.5. The predicted molar refractivity (Wildman–Crippen MR) is 142 cm³/mol. The van der Waals surface area contributed by atoms with Crippen molar-refractivity contribution >= 4 is 22.7 Å². The Morgan fingerprint density at radius 3 is 2.81 bits per heavy atom. The minimum absolute atomic E-state index is 0.0265. The van der Waals surface area contributed by atoms with Gasteiger partial charge in [0.2, 0.25) is 0 Å². The molecule has 0 saturated heterocycles. The molecular weight excluding hydrogens is 470 g/mol. The van der Waals surface area contributed by atoms with Gasteiger partial charge in [-0.1, -0.05) is 18.2 Å². The summed E-state index contributed by atoms with van der Waals surface area (Å²) in [4.78, 5) is 16.4. The van der Waals surface area contributed by atoms with Crippen LogP contribution in [-0.2, 0) is 16.1 Å². The van der Waals surface area contributed by atoms with Gasteiger partial charge < -0.3 is 24.3 Å². The van der Waals surface area contributed by atoms with Gasteiger partial charge in [-0.3, -0.25) is 9.36 Å². The Labute approximate surface area is 216 Å². The first-order valence-electron chi connectivity index (χ1n) is 12.4. The zero-order chi connectivity index (χ0) is 25.9. The van der Waals surface area contributed by atoms with Crippen molar-refractivity contribution in [1.29, 1.82) is 0 Å². The molecule has 0 bridgehead atoms. The van der Waals surface area contributed by atoms with Crippen molar-refractivity contribution in [2.24, 2.45) is 0 Å². The van der Waals surface area contributed by atoms with Gasteiger partial charge in [0.25, 0.3) is 0 Å². The number of benzene rings is 3. The number of nitrogens with zero attached hydrogens (tertiary/aromatic N) is 2. The minimum atomic E-state index is -0.226. The van der Waals surface area contributed by atoms with E-state index in [9.17, 15) is 4.79 Å². The Morgan fingerprint density at radius 2 is 2.03 bits per heavy atom. The van der Waals surface area contributed by atoms with Crippen LogP contribution in [0.15, 0.2) is 54.6 Å². The van der Waals surface area contributed by atoms with Crippen LogP contribution < -0.4 is 19.5 Å². The first-order chi connectivity index (χ1) is 18.0. The van der Waals surface area contributed by atoms with Crippen LogP contribution in [0.2, 0.25) is 0 Å². The normalized spacial score (nSPS) is 14.2. The lowest BCUT2D eigenvalue weighted by Gasteiger charge is -2.16. The SMILES string of the molecule is CCOc1nc2ccc(OC)cc2n1-c1cccc(CNc2ccc3c(c2)OC[C@H]3CC(=O)OC)c1C. The Bertz CT molecular complexity index is 1450. The van der Waals surface area contributed by atoms with E-state index in [-0.39, 0.29) is 11.9 Å². The topological polar surface area (TPSA) is 83.8 Å². The van der Waals surface area contributed by atoms with Gasteiger partial charge in [-0.05, 0) is 49.2 Å². The number of nitrogens with one attached hydrogen (secondary N) is 1. The molecule has 0 aliphatic carbocycles. The number of aromatic nitrogens is 2. The number of ether oxygens (including phenoxy) is 4. The zero-order valence-electron chi connectivity index (χ0n) is 21.5. The number of methoxy groups -OCH3 is 2. The quantitative estimate of drug-likeness (QED) is 0.308. The molecule has 2 heterocycles. The molecule has 1 N–H and O–H groups in total. The molecule has 0 spiro atoms. The number of esters is 1. The van der Waals surface area contributed by atoms with Crippen LogP contribution in [-0.4, -0.2) is 43.0 Å². The Kier molecular flexibility index (Phi) is 6.90. The second-order valence-electron chi connectivity index (χ2n) is 8.97. The number of hydrogen-bond donors (Lipinski definition) is 1. The Balaban J connectivity index is 1.41. The highest BCUT2D eigenvalue weighted by molar-refractivity contribution is 5.81. The van der Waals surface area contributed by atoms with E-state index in [0.717, 1.165) is 50.6 Å². The van der Waals surface area contributed by atoms with Crippen LogP contribution >= 0.6 is 0 Å². The largest absolute Gasteiger partial charge is 0.497 e. The smallest absolute Gasteiger partial charge is 0.306 e. The van der Waals surface area contributed by atoms with Crippen molar-refractivity contribution in [1.82, 2.24) is 9.55 Å². The summed E-state index contributed by atoms with van der Waals surface area (Å²) in [5.41, 5.74) is 7.03. The molecule has 0 unspecified atom stereocenters.